The van der Waals surface area contributed by atoms with E-state index in [0.717, 1.165) is 0 Å². The molecule has 0 aliphatic heterocycles. The Kier molecular flexibility index (Phi) is 6.93. The Morgan fingerprint density at radius 3 is 2.24 bits per heavy atom. The summed E-state index contributed by atoms with van der Waals surface area (Å²) in [5, 5.41) is 10.9. The lowest BCUT2D eigenvalue weighted by Gasteiger charge is -2.18. The van der Waals surface area contributed by atoms with Gasteiger partial charge >= 0.3 is 11.9 Å². The highest BCUT2D eigenvalue weighted by atomic mass is 16.5. The van der Waals surface area contributed by atoms with Gasteiger partial charge in [-0.25, -0.2) is 4.79 Å². The number of carbonyl (C=O) groups is 3. The number of nitrogens with one attached hydrogen (secondary N) is 1. The van der Waals surface area contributed by atoms with Crippen LogP contribution in [0, 0.1) is 5.92 Å². The molecule has 1 atom stereocenters. The van der Waals surface area contributed by atoms with Crippen LogP contribution in [-0.4, -0.2) is 36.1 Å². The minimum atomic E-state index is -1.04. The second-order valence-electron chi connectivity index (χ2n) is 4.17. The van der Waals surface area contributed by atoms with Gasteiger partial charge in [0.15, 0.2) is 0 Å². The molecule has 0 saturated carbocycles. The van der Waals surface area contributed by atoms with Crippen molar-refractivity contribution in [1.29, 1.82) is 0 Å². The predicted octanol–water partition coefficient (Wildman–Crippen LogP) is 0.555. The van der Waals surface area contributed by atoms with E-state index in [0.29, 0.717) is 6.42 Å². The van der Waals surface area contributed by atoms with Crippen molar-refractivity contribution >= 4 is 17.8 Å². The Hall–Kier alpha value is -1.59. The summed E-state index contributed by atoms with van der Waals surface area (Å²) in [5.74, 6) is -1.79. The molecule has 0 aliphatic rings. The van der Waals surface area contributed by atoms with E-state index in [1.54, 1.807) is 0 Å². The van der Waals surface area contributed by atoms with Gasteiger partial charge in [-0.3, -0.25) is 9.59 Å². The molecule has 0 bridgehead atoms. The minimum absolute atomic E-state index is 0.138. The molecular weight excluding hydrogens is 226 g/mol. The molecule has 98 valence electrons. The summed E-state index contributed by atoms with van der Waals surface area (Å²) in [6.45, 7) is 3.83. The second kappa shape index (κ2) is 7.65. The van der Waals surface area contributed by atoms with Crippen molar-refractivity contribution < 1.29 is 24.2 Å². The number of carbonyl (C=O) groups excluding carboxylic acids is 2. The first-order chi connectivity index (χ1) is 7.86. The minimum Gasteiger partial charge on any atom is -0.481 e. The fourth-order valence-corrected chi connectivity index (χ4v) is 1.31. The van der Waals surface area contributed by atoms with Crippen molar-refractivity contribution in [3.63, 3.8) is 0 Å². The van der Waals surface area contributed by atoms with Gasteiger partial charge in [0.25, 0.3) is 0 Å². The normalized spacial score (nSPS) is 12.0. The number of methoxy groups -OCH3 is 1. The molecule has 2 N–H and O–H groups in total. The van der Waals surface area contributed by atoms with Crippen LogP contribution in [0.5, 0.6) is 0 Å². The van der Waals surface area contributed by atoms with E-state index in [4.69, 9.17) is 5.11 Å². The number of amides is 1. The summed E-state index contributed by atoms with van der Waals surface area (Å²) in [7, 11) is 1.25. The van der Waals surface area contributed by atoms with Crippen molar-refractivity contribution in [3.05, 3.63) is 0 Å². The third-order valence-electron chi connectivity index (χ3n) is 2.09. The largest absolute Gasteiger partial charge is 0.481 e. The first-order valence-electron chi connectivity index (χ1n) is 5.45. The van der Waals surface area contributed by atoms with Crippen LogP contribution < -0.4 is 5.32 Å². The third-order valence-corrected chi connectivity index (χ3v) is 2.09. The Balaban J connectivity index is 4.27. The molecule has 6 nitrogen and oxygen atoms in total. The molecule has 0 aliphatic carbocycles. The van der Waals surface area contributed by atoms with Crippen molar-refractivity contribution in [2.24, 2.45) is 5.92 Å². The van der Waals surface area contributed by atoms with Crippen molar-refractivity contribution in [2.75, 3.05) is 7.11 Å². The fourth-order valence-electron chi connectivity index (χ4n) is 1.31. The molecule has 0 aromatic carbocycles. The van der Waals surface area contributed by atoms with Crippen molar-refractivity contribution in [3.8, 4) is 0 Å². The average molecular weight is 245 g/mol. The summed E-state index contributed by atoms with van der Waals surface area (Å²) < 4.78 is 4.57. The highest BCUT2D eigenvalue weighted by Gasteiger charge is 2.22. The van der Waals surface area contributed by atoms with E-state index in [2.05, 4.69) is 10.1 Å². The zero-order valence-corrected chi connectivity index (χ0v) is 10.4. The highest BCUT2D eigenvalue weighted by molar-refractivity contribution is 5.86. The maximum Gasteiger partial charge on any atom is 0.328 e. The van der Waals surface area contributed by atoms with Gasteiger partial charge in [0.2, 0.25) is 5.91 Å². The molecule has 0 fully saturated rings. The van der Waals surface area contributed by atoms with Crippen molar-refractivity contribution in [2.45, 2.75) is 39.2 Å². The lowest BCUT2D eigenvalue weighted by molar-refractivity contribution is -0.145. The van der Waals surface area contributed by atoms with Crippen LogP contribution in [-0.2, 0) is 19.1 Å². The van der Waals surface area contributed by atoms with Gasteiger partial charge in [-0.15, -0.1) is 0 Å². The van der Waals surface area contributed by atoms with Gasteiger partial charge in [-0.05, 0) is 12.3 Å². The molecule has 0 rings (SSSR count). The quantitative estimate of drug-likeness (QED) is 0.639. The molecular formula is C11H19NO5. The van der Waals surface area contributed by atoms with Crippen LogP contribution >= 0.6 is 0 Å². The number of hydrogen-bond donors (Lipinski definition) is 2. The number of carboxylic acids is 1. The molecule has 1 amide bonds. The Morgan fingerprint density at radius 1 is 1.24 bits per heavy atom. The Labute approximate surface area is 100 Å². The van der Waals surface area contributed by atoms with Crippen LogP contribution in [0.25, 0.3) is 0 Å². The smallest absolute Gasteiger partial charge is 0.328 e. The molecule has 6 heteroatoms. The van der Waals surface area contributed by atoms with Crippen LogP contribution in [0.15, 0.2) is 0 Å². The zero-order valence-electron chi connectivity index (χ0n) is 10.4. The van der Waals surface area contributed by atoms with Gasteiger partial charge in [-0.1, -0.05) is 13.8 Å². The number of carboxylic acid groups (broad SMARTS) is 1. The summed E-state index contributed by atoms with van der Waals surface area (Å²) in [5.41, 5.74) is 0. The topological polar surface area (TPSA) is 92.7 Å². The maximum atomic E-state index is 11.4. The zero-order chi connectivity index (χ0) is 13.4. The van der Waals surface area contributed by atoms with Gasteiger partial charge in [0, 0.05) is 6.42 Å². The van der Waals surface area contributed by atoms with Gasteiger partial charge in [-0.2, -0.15) is 0 Å². The Morgan fingerprint density at radius 2 is 1.82 bits per heavy atom. The van der Waals surface area contributed by atoms with E-state index >= 15 is 0 Å². The van der Waals surface area contributed by atoms with E-state index in [9.17, 15) is 14.4 Å². The lowest BCUT2D eigenvalue weighted by atomic mass is 10.0. The number of ether oxygens (including phenoxy) is 1. The summed E-state index contributed by atoms with van der Waals surface area (Å²) in [6.07, 6.45) is 0.0772. The summed E-state index contributed by atoms with van der Waals surface area (Å²) in [4.78, 5) is 33.0. The fraction of sp³-hybridized carbons (Fsp3) is 0.727. The number of aliphatic carboxylic acids is 1. The monoisotopic (exact) mass is 245 g/mol. The maximum absolute atomic E-state index is 11.4. The SMILES string of the molecule is COC(=O)C(CC(C)C)NC(=O)CCC(=O)O. The summed E-state index contributed by atoms with van der Waals surface area (Å²) >= 11 is 0. The first-order valence-corrected chi connectivity index (χ1v) is 5.45. The molecule has 0 aromatic heterocycles. The number of hydrogen-bond acceptors (Lipinski definition) is 4. The van der Waals surface area contributed by atoms with E-state index in [-0.39, 0.29) is 18.8 Å². The lowest BCUT2D eigenvalue weighted by Crippen LogP contribution is -2.42. The van der Waals surface area contributed by atoms with E-state index in [1.165, 1.54) is 7.11 Å². The molecule has 0 spiro atoms. The van der Waals surface area contributed by atoms with Crippen LogP contribution in [0.1, 0.15) is 33.1 Å². The highest BCUT2D eigenvalue weighted by Crippen LogP contribution is 2.06. The molecule has 0 radical (unpaired) electrons. The van der Waals surface area contributed by atoms with Gasteiger partial charge in [0.1, 0.15) is 6.04 Å². The third kappa shape index (κ3) is 7.32. The van der Waals surface area contributed by atoms with Crippen LogP contribution in [0.4, 0.5) is 0 Å². The van der Waals surface area contributed by atoms with Crippen LogP contribution in [0.2, 0.25) is 0 Å². The molecule has 0 heterocycles. The van der Waals surface area contributed by atoms with Gasteiger partial charge < -0.3 is 15.2 Å². The average Bonchev–Trinajstić information content (AvgIpc) is 2.23. The first kappa shape index (κ1) is 15.4. The van der Waals surface area contributed by atoms with Crippen molar-refractivity contribution in [1.82, 2.24) is 5.32 Å². The molecule has 17 heavy (non-hydrogen) atoms. The Bertz CT molecular complexity index is 288. The molecule has 1 unspecified atom stereocenters. The number of esters is 1. The van der Waals surface area contributed by atoms with E-state index < -0.39 is 23.9 Å². The second-order valence-corrected chi connectivity index (χ2v) is 4.17. The predicted molar refractivity (Wildman–Crippen MR) is 60.3 cm³/mol. The number of rotatable bonds is 7. The van der Waals surface area contributed by atoms with Gasteiger partial charge in [0.05, 0.1) is 13.5 Å². The molecule has 0 saturated heterocycles. The summed E-state index contributed by atoms with van der Waals surface area (Å²) in [6, 6.07) is -0.707. The standard InChI is InChI=1S/C11H19NO5/c1-7(2)6-8(11(16)17-3)12-9(13)4-5-10(14)15/h7-8H,4-6H2,1-3H3,(H,12,13)(H,14,15). The van der Waals surface area contributed by atoms with Crippen LogP contribution in [0.3, 0.4) is 0 Å². The van der Waals surface area contributed by atoms with E-state index in [1.807, 2.05) is 13.8 Å². The molecule has 0 aromatic rings.